The SMILES string of the molecule is COCCNC(=O)[C@@]1(OCc2cccc(Cl)c2)C[C@@H](O)[C@@H]2OC(C)(C)O[C@@H]2C1. The van der Waals surface area contributed by atoms with Gasteiger partial charge in [0.2, 0.25) is 0 Å². The van der Waals surface area contributed by atoms with Crippen molar-refractivity contribution < 1.29 is 28.8 Å². The number of methoxy groups -OCH3 is 1. The number of ether oxygens (including phenoxy) is 4. The van der Waals surface area contributed by atoms with Crippen molar-refractivity contribution in [2.24, 2.45) is 0 Å². The molecule has 1 saturated carbocycles. The highest BCUT2D eigenvalue weighted by Crippen LogP contribution is 2.43. The summed E-state index contributed by atoms with van der Waals surface area (Å²) >= 11 is 6.05. The number of hydrogen-bond donors (Lipinski definition) is 2. The minimum absolute atomic E-state index is 0.118. The van der Waals surface area contributed by atoms with Gasteiger partial charge in [0.05, 0.1) is 25.4 Å². The number of rotatable bonds is 7. The summed E-state index contributed by atoms with van der Waals surface area (Å²) in [5.74, 6) is -1.11. The van der Waals surface area contributed by atoms with E-state index in [0.717, 1.165) is 5.56 Å². The number of carbonyl (C=O) groups excluding carboxylic acids is 1. The van der Waals surface area contributed by atoms with E-state index in [1.807, 2.05) is 12.1 Å². The van der Waals surface area contributed by atoms with E-state index in [9.17, 15) is 9.90 Å². The Hall–Kier alpha value is -1.22. The molecular weight excluding hydrogens is 386 g/mol. The number of nitrogens with one attached hydrogen (secondary N) is 1. The quantitative estimate of drug-likeness (QED) is 0.665. The van der Waals surface area contributed by atoms with E-state index >= 15 is 0 Å². The fourth-order valence-electron chi connectivity index (χ4n) is 3.85. The third-order valence-corrected chi connectivity index (χ3v) is 5.32. The highest BCUT2D eigenvalue weighted by atomic mass is 35.5. The molecule has 0 spiro atoms. The molecule has 2 fully saturated rings. The standard InChI is InChI=1S/C20H28ClNO6/c1-19(2)27-16-11-20(10-15(23)17(16)28-19,18(24)22-7-8-25-3)26-12-13-5-4-6-14(21)9-13/h4-6,9,15-17,23H,7-8,10-12H2,1-3H3,(H,22,24)/t15-,16-,17+,20-/m1/s1. The Balaban J connectivity index is 1.79. The van der Waals surface area contributed by atoms with E-state index in [1.165, 1.54) is 0 Å². The number of carbonyl (C=O) groups is 1. The Kier molecular flexibility index (Phi) is 6.64. The molecule has 1 aromatic carbocycles. The first kappa shape index (κ1) is 21.5. The predicted octanol–water partition coefficient (Wildman–Crippen LogP) is 2.03. The van der Waals surface area contributed by atoms with Gasteiger partial charge >= 0.3 is 0 Å². The summed E-state index contributed by atoms with van der Waals surface area (Å²) in [6.07, 6.45) is -1.39. The Morgan fingerprint density at radius 1 is 1.36 bits per heavy atom. The average molecular weight is 414 g/mol. The largest absolute Gasteiger partial charge is 0.390 e. The summed E-state index contributed by atoms with van der Waals surface area (Å²) < 4.78 is 22.9. The molecule has 0 bridgehead atoms. The first-order valence-corrected chi connectivity index (χ1v) is 9.82. The Bertz CT molecular complexity index is 699. The van der Waals surface area contributed by atoms with Crippen LogP contribution in [0.3, 0.4) is 0 Å². The highest BCUT2D eigenvalue weighted by molar-refractivity contribution is 6.30. The number of benzene rings is 1. The van der Waals surface area contributed by atoms with Crippen molar-refractivity contribution in [3.8, 4) is 0 Å². The van der Waals surface area contributed by atoms with Crippen molar-refractivity contribution in [1.82, 2.24) is 5.32 Å². The molecule has 1 heterocycles. The Morgan fingerprint density at radius 3 is 2.86 bits per heavy atom. The van der Waals surface area contributed by atoms with Crippen LogP contribution in [0, 0.1) is 0 Å². The third kappa shape index (κ3) is 4.84. The number of halogens is 1. The van der Waals surface area contributed by atoms with Crippen LogP contribution < -0.4 is 5.32 Å². The van der Waals surface area contributed by atoms with Gasteiger partial charge in [-0.05, 0) is 31.5 Å². The first-order chi connectivity index (χ1) is 13.2. The van der Waals surface area contributed by atoms with Crippen LogP contribution in [0.15, 0.2) is 24.3 Å². The van der Waals surface area contributed by atoms with Gasteiger partial charge in [-0.25, -0.2) is 0 Å². The maximum Gasteiger partial charge on any atom is 0.252 e. The van der Waals surface area contributed by atoms with Crippen LogP contribution in [0.1, 0.15) is 32.3 Å². The molecule has 1 aromatic rings. The van der Waals surface area contributed by atoms with Gasteiger partial charge < -0.3 is 29.4 Å². The monoisotopic (exact) mass is 413 g/mol. The minimum Gasteiger partial charge on any atom is -0.390 e. The van der Waals surface area contributed by atoms with Crippen molar-refractivity contribution >= 4 is 17.5 Å². The second kappa shape index (κ2) is 8.65. The van der Waals surface area contributed by atoms with E-state index in [-0.39, 0.29) is 25.4 Å². The third-order valence-electron chi connectivity index (χ3n) is 5.08. The molecule has 156 valence electrons. The molecule has 0 aromatic heterocycles. The lowest BCUT2D eigenvalue weighted by Gasteiger charge is -2.42. The smallest absolute Gasteiger partial charge is 0.252 e. The molecule has 1 amide bonds. The summed E-state index contributed by atoms with van der Waals surface area (Å²) in [7, 11) is 1.57. The summed E-state index contributed by atoms with van der Waals surface area (Å²) in [4.78, 5) is 13.1. The Morgan fingerprint density at radius 2 is 2.14 bits per heavy atom. The summed E-state index contributed by atoms with van der Waals surface area (Å²) in [5.41, 5.74) is -0.391. The van der Waals surface area contributed by atoms with Crippen molar-refractivity contribution in [1.29, 1.82) is 0 Å². The van der Waals surface area contributed by atoms with E-state index in [4.69, 9.17) is 30.5 Å². The van der Waals surface area contributed by atoms with Gasteiger partial charge in [0.15, 0.2) is 11.4 Å². The summed E-state index contributed by atoms with van der Waals surface area (Å²) in [6.45, 7) is 4.52. The predicted molar refractivity (Wildman–Crippen MR) is 103 cm³/mol. The number of amides is 1. The van der Waals surface area contributed by atoms with Gasteiger partial charge in [-0.15, -0.1) is 0 Å². The highest BCUT2D eigenvalue weighted by Gasteiger charge is 2.57. The van der Waals surface area contributed by atoms with E-state index in [2.05, 4.69) is 5.32 Å². The molecule has 4 atom stereocenters. The van der Waals surface area contributed by atoms with Crippen LogP contribution in [0.25, 0.3) is 0 Å². The maximum atomic E-state index is 13.1. The normalized spacial score (nSPS) is 31.4. The van der Waals surface area contributed by atoms with Crippen molar-refractivity contribution in [2.45, 2.75) is 63.0 Å². The maximum absolute atomic E-state index is 13.1. The zero-order chi connectivity index (χ0) is 20.4. The average Bonchev–Trinajstić information content (AvgIpc) is 2.94. The number of hydrogen-bond acceptors (Lipinski definition) is 6. The molecule has 8 heteroatoms. The zero-order valence-corrected chi connectivity index (χ0v) is 17.2. The van der Waals surface area contributed by atoms with Crippen molar-refractivity contribution in [3.05, 3.63) is 34.9 Å². The van der Waals surface area contributed by atoms with Crippen LogP contribution in [-0.2, 0) is 30.3 Å². The zero-order valence-electron chi connectivity index (χ0n) is 16.4. The number of fused-ring (bicyclic) bond motifs is 1. The van der Waals surface area contributed by atoms with E-state index < -0.39 is 29.7 Å². The number of aliphatic hydroxyl groups excluding tert-OH is 1. The fourth-order valence-corrected chi connectivity index (χ4v) is 4.07. The topological polar surface area (TPSA) is 86.3 Å². The van der Waals surface area contributed by atoms with Gasteiger partial charge in [-0.1, -0.05) is 23.7 Å². The molecule has 1 aliphatic heterocycles. The van der Waals surface area contributed by atoms with Crippen molar-refractivity contribution in [3.63, 3.8) is 0 Å². The van der Waals surface area contributed by atoms with Crippen LogP contribution >= 0.6 is 11.6 Å². The number of aliphatic hydroxyl groups is 1. The fraction of sp³-hybridized carbons (Fsp3) is 0.650. The van der Waals surface area contributed by atoms with Crippen LogP contribution in [0.2, 0.25) is 5.02 Å². The van der Waals surface area contributed by atoms with E-state index in [0.29, 0.717) is 18.2 Å². The lowest BCUT2D eigenvalue weighted by molar-refractivity contribution is -0.175. The molecule has 0 unspecified atom stereocenters. The van der Waals surface area contributed by atoms with Gasteiger partial charge in [0, 0.05) is 31.5 Å². The molecule has 7 nitrogen and oxygen atoms in total. The van der Waals surface area contributed by atoms with Crippen LogP contribution in [0.4, 0.5) is 0 Å². The molecule has 1 aliphatic carbocycles. The lowest BCUT2D eigenvalue weighted by Crippen LogP contribution is -2.59. The van der Waals surface area contributed by atoms with Gasteiger partial charge in [-0.2, -0.15) is 0 Å². The van der Waals surface area contributed by atoms with E-state index in [1.54, 1.807) is 33.1 Å². The first-order valence-electron chi connectivity index (χ1n) is 9.44. The molecule has 3 rings (SSSR count). The molecule has 28 heavy (non-hydrogen) atoms. The minimum atomic E-state index is -1.24. The lowest BCUT2D eigenvalue weighted by atomic mass is 9.78. The summed E-state index contributed by atoms with van der Waals surface area (Å²) in [6, 6.07) is 7.27. The summed E-state index contributed by atoms with van der Waals surface area (Å²) in [5, 5.41) is 14.1. The van der Waals surface area contributed by atoms with Gasteiger partial charge in [0.25, 0.3) is 5.91 Å². The Labute approximate surface area is 170 Å². The van der Waals surface area contributed by atoms with Crippen molar-refractivity contribution in [2.75, 3.05) is 20.3 Å². The molecule has 1 saturated heterocycles. The van der Waals surface area contributed by atoms with Crippen LogP contribution in [0.5, 0.6) is 0 Å². The molecular formula is C20H28ClNO6. The van der Waals surface area contributed by atoms with Gasteiger partial charge in [-0.3, -0.25) is 4.79 Å². The molecule has 2 aliphatic rings. The van der Waals surface area contributed by atoms with Crippen LogP contribution in [-0.4, -0.2) is 61.0 Å². The second-order valence-corrected chi connectivity index (χ2v) is 8.21. The van der Waals surface area contributed by atoms with Gasteiger partial charge in [0.1, 0.15) is 6.10 Å². The second-order valence-electron chi connectivity index (χ2n) is 7.78. The molecule has 2 N–H and O–H groups in total. The molecule has 0 radical (unpaired) electrons.